The molecule has 1 atom stereocenters. The number of carbonyl (C=O) groups is 1. The monoisotopic (exact) mass is 263 g/mol. The van der Waals surface area contributed by atoms with Crippen molar-refractivity contribution in [3.63, 3.8) is 0 Å². The number of nitriles is 1. The highest BCUT2D eigenvalue weighted by Gasteiger charge is 2.20. The summed E-state index contributed by atoms with van der Waals surface area (Å²) in [6, 6.07) is 1.40. The maximum Gasteiger partial charge on any atom is 0.306 e. The van der Waals surface area contributed by atoms with Gasteiger partial charge in [0.05, 0.1) is 26.0 Å². The predicted octanol–water partition coefficient (Wildman–Crippen LogP) is -0.382. The van der Waals surface area contributed by atoms with E-state index in [1.165, 1.54) is 14.2 Å². The first-order valence-electron chi connectivity index (χ1n) is 5.00. The molecule has 0 saturated heterocycles. The highest BCUT2D eigenvalue weighted by Crippen LogP contribution is 2.00. The van der Waals surface area contributed by atoms with E-state index >= 15 is 0 Å². The van der Waals surface area contributed by atoms with E-state index in [1.807, 2.05) is 6.07 Å². The van der Waals surface area contributed by atoms with Crippen LogP contribution in [0.5, 0.6) is 0 Å². The van der Waals surface area contributed by atoms with Gasteiger partial charge in [-0.1, -0.05) is 0 Å². The van der Waals surface area contributed by atoms with Crippen LogP contribution in [-0.2, 0) is 19.7 Å². The Bertz CT molecular complexity index is 388. The van der Waals surface area contributed by atoms with Crippen molar-refractivity contribution in [1.82, 2.24) is 9.03 Å². The molecule has 0 aliphatic rings. The van der Waals surface area contributed by atoms with E-state index in [0.717, 1.165) is 4.31 Å². The molecule has 0 aliphatic heterocycles. The van der Waals surface area contributed by atoms with Gasteiger partial charge in [-0.2, -0.15) is 22.7 Å². The predicted molar refractivity (Wildman–Crippen MR) is 61.0 cm³/mol. The SMILES string of the molecule is COC(=O)CCN(C)S(=O)(=O)NC(C)CC#N. The molecule has 0 fully saturated rings. The molecule has 0 amide bonds. The fourth-order valence-corrected chi connectivity index (χ4v) is 2.10. The van der Waals surface area contributed by atoms with Crippen LogP contribution in [0.1, 0.15) is 19.8 Å². The molecule has 0 aromatic rings. The first-order chi connectivity index (χ1) is 7.83. The third-order valence-electron chi connectivity index (χ3n) is 2.02. The van der Waals surface area contributed by atoms with Gasteiger partial charge in [-0.3, -0.25) is 4.79 Å². The minimum absolute atomic E-state index is 0.0134. The zero-order valence-electron chi connectivity index (χ0n) is 10.1. The summed E-state index contributed by atoms with van der Waals surface area (Å²) in [5.74, 6) is -0.475. The number of nitrogens with one attached hydrogen (secondary N) is 1. The van der Waals surface area contributed by atoms with E-state index in [-0.39, 0.29) is 19.4 Å². The van der Waals surface area contributed by atoms with E-state index in [1.54, 1.807) is 6.92 Å². The lowest BCUT2D eigenvalue weighted by Gasteiger charge is -2.19. The highest BCUT2D eigenvalue weighted by atomic mass is 32.2. The molecular weight excluding hydrogens is 246 g/mol. The van der Waals surface area contributed by atoms with Gasteiger partial charge in [0.25, 0.3) is 10.2 Å². The Balaban J connectivity index is 4.31. The van der Waals surface area contributed by atoms with Gasteiger partial charge in [0.15, 0.2) is 0 Å². The second kappa shape index (κ2) is 7.21. The summed E-state index contributed by atoms with van der Waals surface area (Å²) < 4.78 is 31.1. The summed E-state index contributed by atoms with van der Waals surface area (Å²) in [5, 5.41) is 8.42. The molecule has 1 N–H and O–H groups in total. The number of methoxy groups -OCH3 is 1. The Morgan fingerprint density at radius 1 is 1.59 bits per heavy atom. The van der Waals surface area contributed by atoms with Crippen LogP contribution in [0.4, 0.5) is 0 Å². The van der Waals surface area contributed by atoms with Crippen molar-refractivity contribution in [3.05, 3.63) is 0 Å². The lowest BCUT2D eigenvalue weighted by Crippen LogP contribution is -2.43. The van der Waals surface area contributed by atoms with Crippen LogP contribution in [0.2, 0.25) is 0 Å². The fraction of sp³-hybridized carbons (Fsp3) is 0.778. The maximum atomic E-state index is 11.7. The van der Waals surface area contributed by atoms with Gasteiger partial charge in [0.1, 0.15) is 0 Å². The van der Waals surface area contributed by atoms with E-state index in [4.69, 9.17) is 5.26 Å². The molecule has 0 aliphatic carbocycles. The van der Waals surface area contributed by atoms with Gasteiger partial charge < -0.3 is 4.74 Å². The van der Waals surface area contributed by atoms with Crippen molar-refractivity contribution in [2.45, 2.75) is 25.8 Å². The summed E-state index contributed by atoms with van der Waals surface area (Å²) in [4.78, 5) is 10.9. The topological polar surface area (TPSA) is 99.5 Å². The van der Waals surface area contributed by atoms with Crippen LogP contribution in [0.15, 0.2) is 0 Å². The van der Waals surface area contributed by atoms with Crippen LogP contribution in [0, 0.1) is 11.3 Å². The Morgan fingerprint density at radius 2 is 2.18 bits per heavy atom. The van der Waals surface area contributed by atoms with Crippen molar-refractivity contribution >= 4 is 16.2 Å². The van der Waals surface area contributed by atoms with Crippen molar-refractivity contribution in [3.8, 4) is 6.07 Å². The van der Waals surface area contributed by atoms with E-state index in [0.29, 0.717) is 0 Å². The molecule has 0 aromatic carbocycles. The summed E-state index contributed by atoms with van der Waals surface area (Å²) in [5.41, 5.74) is 0. The smallest absolute Gasteiger partial charge is 0.306 e. The number of rotatable bonds is 7. The van der Waals surface area contributed by atoms with Crippen molar-refractivity contribution in [2.75, 3.05) is 20.7 Å². The van der Waals surface area contributed by atoms with Crippen molar-refractivity contribution in [1.29, 1.82) is 5.26 Å². The Labute approximate surface area is 102 Å². The van der Waals surface area contributed by atoms with Crippen molar-refractivity contribution < 1.29 is 17.9 Å². The molecule has 8 heteroatoms. The summed E-state index contributed by atoms with van der Waals surface area (Å²) in [6.07, 6.45) is 0.0740. The van der Waals surface area contributed by atoms with Crippen molar-refractivity contribution in [2.24, 2.45) is 0 Å². The number of carbonyl (C=O) groups excluding carboxylic acids is 1. The van der Waals surface area contributed by atoms with E-state index in [2.05, 4.69) is 9.46 Å². The first kappa shape index (κ1) is 15.8. The fourth-order valence-electron chi connectivity index (χ4n) is 0.994. The molecule has 0 bridgehead atoms. The zero-order chi connectivity index (χ0) is 13.5. The number of nitrogens with zero attached hydrogens (tertiary/aromatic N) is 2. The number of hydrogen-bond donors (Lipinski definition) is 1. The molecule has 0 saturated carbocycles. The van der Waals surface area contributed by atoms with Crippen LogP contribution in [-0.4, -0.2) is 45.4 Å². The Morgan fingerprint density at radius 3 is 2.65 bits per heavy atom. The number of ether oxygens (including phenoxy) is 1. The molecule has 0 radical (unpaired) electrons. The average Bonchev–Trinajstić information content (AvgIpc) is 2.24. The molecule has 0 rings (SSSR count). The van der Waals surface area contributed by atoms with Crippen LogP contribution >= 0.6 is 0 Å². The standard InChI is InChI=1S/C9H17N3O4S/c1-8(4-6-10)11-17(14,15)12(2)7-5-9(13)16-3/h8,11H,4-5,7H2,1-3H3. The van der Waals surface area contributed by atoms with Gasteiger partial charge in [-0.05, 0) is 6.92 Å². The Kier molecular flexibility index (Phi) is 6.72. The van der Waals surface area contributed by atoms with Gasteiger partial charge >= 0.3 is 5.97 Å². The molecule has 7 nitrogen and oxygen atoms in total. The van der Waals surface area contributed by atoms with Crippen LogP contribution < -0.4 is 4.72 Å². The third kappa shape index (κ3) is 6.21. The lowest BCUT2D eigenvalue weighted by atomic mass is 10.3. The molecule has 0 heterocycles. The first-order valence-corrected chi connectivity index (χ1v) is 6.45. The molecule has 0 spiro atoms. The maximum absolute atomic E-state index is 11.7. The summed E-state index contributed by atoms with van der Waals surface area (Å²) in [6.45, 7) is 1.62. The molecular formula is C9H17N3O4S. The number of esters is 1. The quantitative estimate of drug-likeness (QED) is 0.631. The van der Waals surface area contributed by atoms with Gasteiger partial charge in [-0.15, -0.1) is 0 Å². The minimum atomic E-state index is -3.66. The van der Waals surface area contributed by atoms with Crippen LogP contribution in [0.3, 0.4) is 0 Å². The normalized spacial score (nSPS) is 13.1. The highest BCUT2D eigenvalue weighted by molar-refractivity contribution is 7.87. The minimum Gasteiger partial charge on any atom is -0.469 e. The molecule has 1 unspecified atom stereocenters. The summed E-state index contributed by atoms with van der Waals surface area (Å²) >= 11 is 0. The second-order valence-corrected chi connectivity index (χ2v) is 5.34. The van der Waals surface area contributed by atoms with Gasteiger partial charge in [0.2, 0.25) is 0 Å². The molecule has 0 aromatic heterocycles. The second-order valence-electron chi connectivity index (χ2n) is 3.53. The average molecular weight is 263 g/mol. The molecule has 17 heavy (non-hydrogen) atoms. The van der Waals surface area contributed by atoms with E-state index in [9.17, 15) is 13.2 Å². The Hall–Kier alpha value is -1.17. The van der Waals surface area contributed by atoms with Crippen LogP contribution in [0.25, 0.3) is 0 Å². The number of hydrogen-bond acceptors (Lipinski definition) is 5. The van der Waals surface area contributed by atoms with Gasteiger partial charge in [0, 0.05) is 19.6 Å². The van der Waals surface area contributed by atoms with Gasteiger partial charge in [-0.25, -0.2) is 0 Å². The molecule has 98 valence electrons. The van der Waals surface area contributed by atoms with E-state index < -0.39 is 22.2 Å². The zero-order valence-corrected chi connectivity index (χ0v) is 11.0. The summed E-state index contributed by atoms with van der Waals surface area (Å²) in [7, 11) is -1.07. The third-order valence-corrected chi connectivity index (χ3v) is 3.72. The lowest BCUT2D eigenvalue weighted by molar-refractivity contribution is -0.140. The largest absolute Gasteiger partial charge is 0.469 e.